The Labute approximate surface area is 130 Å². The predicted octanol–water partition coefficient (Wildman–Crippen LogP) is 4.65. The van der Waals surface area contributed by atoms with Crippen LogP contribution in [-0.2, 0) is 0 Å². The molecular formula is C20H19NO. The highest BCUT2D eigenvalue weighted by Crippen LogP contribution is 2.41. The number of benzene rings is 3. The van der Waals surface area contributed by atoms with Gasteiger partial charge >= 0.3 is 0 Å². The summed E-state index contributed by atoms with van der Waals surface area (Å²) >= 11 is 0. The van der Waals surface area contributed by atoms with Gasteiger partial charge in [0, 0.05) is 5.56 Å². The molecule has 1 aliphatic rings. The van der Waals surface area contributed by atoms with Gasteiger partial charge in [-0.25, -0.2) is 0 Å². The van der Waals surface area contributed by atoms with E-state index in [4.69, 9.17) is 4.74 Å². The Kier molecular flexibility index (Phi) is 2.95. The molecule has 2 heteroatoms. The molecule has 0 saturated carbocycles. The van der Waals surface area contributed by atoms with Gasteiger partial charge < -0.3 is 4.74 Å². The maximum Gasteiger partial charge on any atom is 0.156 e. The van der Waals surface area contributed by atoms with Crippen molar-refractivity contribution >= 4 is 10.8 Å². The Morgan fingerprint density at radius 1 is 0.864 bits per heavy atom. The fourth-order valence-corrected chi connectivity index (χ4v) is 3.28. The van der Waals surface area contributed by atoms with Crippen molar-refractivity contribution in [2.24, 2.45) is 0 Å². The Morgan fingerprint density at radius 2 is 1.59 bits per heavy atom. The second-order valence-corrected chi connectivity index (χ2v) is 6.30. The fraction of sp³-hybridized carbons (Fsp3) is 0.200. The van der Waals surface area contributed by atoms with Crippen molar-refractivity contribution in [2.75, 3.05) is 0 Å². The topological polar surface area (TPSA) is 21.3 Å². The van der Waals surface area contributed by atoms with E-state index in [1.807, 2.05) is 0 Å². The van der Waals surface area contributed by atoms with E-state index in [1.54, 1.807) is 0 Å². The number of fused-ring (bicyclic) bond motifs is 3. The van der Waals surface area contributed by atoms with E-state index in [0.29, 0.717) is 0 Å². The molecule has 0 bridgehead atoms. The molecule has 0 saturated heterocycles. The van der Waals surface area contributed by atoms with Crippen molar-refractivity contribution in [3.63, 3.8) is 0 Å². The van der Waals surface area contributed by atoms with E-state index in [9.17, 15) is 0 Å². The molecule has 3 aromatic rings. The first-order chi connectivity index (χ1) is 10.6. The third kappa shape index (κ3) is 2.16. The molecule has 1 N–H and O–H groups in total. The molecule has 110 valence electrons. The van der Waals surface area contributed by atoms with Gasteiger partial charge in [0.05, 0.1) is 6.04 Å². The molecule has 2 nitrogen and oxygen atoms in total. The van der Waals surface area contributed by atoms with Crippen LogP contribution in [0.2, 0.25) is 0 Å². The third-order valence-corrected chi connectivity index (χ3v) is 4.21. The summed E-state index contributed by atoms with van der Waals surface area (Å²) in [5.41, 5.74) is 2.09. The van der Waals surface area contributed by atoms with Crippen LogP contribution >= 0.6 is 0 Å². The Balaban J connectivity index is 1.99. The molecule has 1 heterocycles. The van der Waals surface area contributed by atoms with Crippen LogP contribution in [0.25, 0.3) is 10.8 Å². The smallest absolute Gasteiger partial charge is 0.156 e. The molecule has 3 aromatic carbocycles. The van der Waals surface area contributed by atoms with Gasteiger partial charge in [0.2, 0.25) is 0 Å². The molecular weight excluding hydrogens is 270 g/mol. The van der Waals surface area contributed by atoms with Gasteiger partial charge in [-0.05, 0) is 36.2 Å². The molecule has 0 unspecified atom stereocenters. The highest BCUT2D eigenvalue weighted by atomic mass is 16.5. The normalized spacial score (nSPS) is 19.5. The zero-order chi connectivity index (χ0) is 15.2. The number of rotatable bonds is 1. The largest absolute Gasteiger partial charge is 0.473 e. The van der Waals surface area contributed by atoms with Gasteiger partial charge in [-0.3, -0.25) is 5.32 Å². The van der Waals surface area contributed by atoms with Crippen LogP contribution in [0.15, 0.2) is 66.7 Å². The number of nitrogens with one attached hydrogen (secondary N) is 1. The van der Waals surface area contributed by atoms with E-state index in [-0.39, 0.29) is 6.04 Å². The fourth-order valence-electron chi connectivity index (χ4n) is 3.28. The van der Waals surface area contributed by atoms with E-state index in [1.165, 1.54) is 21.9 Å². The molecule has 4 rings (SSSR count). The van der Waals surface area contributed by atoms with E-state index in [2.05, 4.69) is 85.9 Å². The molecule has 0 aromatic heterocycles. The van der Waals surface area contributed by atoms with Gasteiger partial charge in [-0.15, -0.1) is 0 Å². The van der Waals surface area contributed by atoms with Gasteiger partial charge in [0.1, 0.15) is 5.75 Å². The van der Waals surface area contributed by atoms with Crippen molar-refractivity contribution < 1.29 is 4.74 Å². The number of ether oxygens (including phenoxy) is 1. The van der Waals surface area contributed by atoms with Crippen molar-refractivity contribution in [1.29, 1.82) is 0 Å². The van der Waals surface area contributed by atoms with Crippen LogP contribution < -0.4 is 10.1 Å². The van der Waals surface area contributed by atoms with Crippen LogP contribution in [-0.4, -0.2) is 5.72 Å². The van der Waals surface area contributed by atoms with Crippen LogP contribution in [0, 0.1) is 0 Å². The zero-order valence-electron chi connectivity index (χ0n) is 12.8. The maximum absolute atomic E-state index is 6.17. The summed E-state index contributed by atoms with van der Waals surface area (Å²) in [5, 5.41) is 6.13. The second kappa shape index (κ2) is 4.85. The van der Waals surface area contributed by atoms with Gasteiger partial charge in [0.15, 0.2) is 5.72 Å². The third-order valence-electron chi connectivity index (χ3n) is 4.21. The molecule has 1 atom stereocenters. The molecule has 0 spiro atoms. The van der Waals surface area contributed by atoms with Crippen LogP contribution in [0.3, 0.4) is 0 Å². The summed E-state index contributed by atoms with van der Waals surface area (Å²) in [6.07, 6.45) is 0. The summed E-state index contributed by atoms with van der Waals surface area (Å²) in [6.45, 7) is 4.14. The Bertz CT molecular complexity index is 823. The average Bonchev–Trinajstić information content (AvgIpc) is 2.53. The average molecular weight is 289 g/mol. The lowest BCUT2D eigenvalue weighted by Gasteiger charge is -2.40. The lowest BCUT2D eigenvalue weighted by atomic mass is 9.90. The summed E-state index contributed by atoms with van der Waals surface area (Å²) < 4.78 is 6.17. The minimum absolute atomic E-state index is 0.131. The Hall–Kier alpha value is -2.32. The van der Waals surface area contributed by atoms with Crippen LogP contribution in [0.1, 0.15) is 31.0 Å². The van der Waals surface area contributed by atoms with E-state index < -0.39 is 5.72 Å². The highest BCUT2D eigenvalue weighted by Gasteiger charge is 2.34. The maximum atomic E-state index is 6.17. The van der Waals surface area contributed by atoms with Crippen molar-refractivity contribution in [1.82, 2.24) is 5.32 Å². The number of hydrogen-bond donors (Lipinski definition) is 1. The molecule has 1 aliphatic heterocycles. The first-order valence-electron chi connectivity index (χ1n) is 7.67. The summed E-state index contributed by atoms with van der Waals surface area (Å²) in [4.78, 5) is 0. The van der Waals surface area contributed by atoms with Crippen LogP contribution in [0.4, 0.5) is 0 Å². The van der Waals surface area contributed by atoms with E-state index >= 15 is 0 Å². The molecule has 0 aliphatic carbocycles. The van der Waals surface area contributed by atoms with Crippen molar-refractivity contribution in [2.45, 2.75) is 25.6 Å². The standard InChI is InChI=1S/C20H19NO/c1-20(2)21-19(15-9-4-3-5-10-15)18-16-11-7-6-8-14(16)12-13-17(18)22-20/h3-13,19,21H,1-2H3/t19-/m1/s1. The summed E-state index contributed by atoms with van der Waals surface area (Å²) in [7, 11) is 0. The molecule has 22 heavy (non-hydrogen) atoms. The lowest BCUT2D eigenvalue weighted by molar-refractivity contribution is 0.0449. The zero-order valence-corrected chi connectivity index (χ0v) is 12.8. The van der Waals surface area contributed by atoms with Gasteiger partial charge in [-0.1, -0.05) is 60.7 Å². The molecule has 0 radical (unpaired) electrons. The van der Waals surface area contributed by atoms with Gasteiger partial charge in [0.25, 0.3) is 0 Å². The molecule has 0 fully saturated rings. The molecule has 0 amide bonds. The minimum Gasteiger partial charge on any atom is -0.473 e. The minimum atomic E-state index is -0.393. The highest BCUT2D eigenvalue weighted by molar-refractivity contribution is 5.89. The van der Waals surface area contributed by atoms with Crippen LogP contribution in [0.5, 0.6) is 5.75 Å². The monoisotopic (exact) mass is 289 g/mol. The Morgan fingerprint density at radius 3 is 2.41 bits per heavy atom. The second-order valence-electron chi connectivity index (χ2n) is 6.30. The predicted molar refractivity (Wildman–Crippen MR) is 90.1 cm³/mol. The first-order valence-corrected chi connectivity index (χ1v) is 7.67. The summed E-state index contributed by atoms with van der Waals surface area (Å²) in [5.74, 6) is 0.969. The van der Waals surface area contributed by atoms with Crippen molar-refractivity contribution in [3.05, 3.63) is 77.9 Å². The number of hydrogen-bond acceptors (Lipinski definition) is 2. The first kappa shape index (κ1) is 13.4. The SMILES string of the molecule is CC1(C)N[C@H](c2ccccc2)c2c(ccc3ccccc23)O1. The van der Waals surface area contributed by atoms with Gasteiger partial charge in [-0.2, -0.15) is 0 Å². The van der Waals surface area contributed by atoms with Crippen molar-refractivity contribution in [3.8, 4) is 5.75 Å². The summed E-state index contributed by atoms with van der Waals surface area (Å²) in [6, 6.07) is 23.4. The van der Waals surface area contributed by atoms with E-state index in [0.717, 1.165) is 5.75 Å². The lowest BCUT2D eigenvalue weighted by Crippen LogP contribution is -2.50. The quantitative estimate of drug-likeness (QED) is 0.704.